The number of aryl methyl sites for hydroxylation is 1. The molecule has 0 spiro atoms. The maximum atomic E-state index is 12.5. The molecule has 0 unspecified atom stereocenters. The third kappa shape index (κ3) is 3.83. The molecule has 6 nitrogen and oxygen atoms in total. The van der Waals surface area contributed by atoms with Gasteiger partial charge in [-0.15, -0.1) is 0 Å². The van der Waals surface area contributed by atoms with Gasteiger partial charge in [0.05, 0.1) is 0 Å². The van der Waals surface area contributed by atoms with Crippen molar-refractivity contribution in [1.29, 1.82) is 0 Å². The van der Waals surface area contributed by atoms with Crippen molar-refractivity contribution >= 4 is 11.7 Å². The van der Waals surface area contributed by atoms with Crippen molar-refractivity contribution in [2.45, 2.75) is 33.6 Å². The quantitative estimate of drug-likeness (QED) is 0.839. The Kier molecular flexibility index (Phi) is 5.36. The van der Waals surface area contributed by atoms with Crippen molar-refractivity contribution in [2.75, 3.05) is 31.1 Å². The number of aromatic nitrogens is 3. The SMILES string of the molecule is CCC(CC)C(=O)N1CCN(c2cc(-n3cccc3)nc(C)n2)CC1. The van der Waals surface area contributed by atoms with Crippen LogP contribution in [-0.2, 0) is 4.79 Å². The van der Waals surface area contributed by atoms with Crippen LogP contribution in [-0.4, -0.2) is 51.5 Å². The van der Waals surface area contributed by atoms with E-state index < -0.39 is 0 Å². The highest BCUT2D eigenvalue weighted by atomic mass is 16.2. The van der Waals surface area contributed by atoms with E-state index in [2.05, 4.69) is 28.7 Å². The number of rotatable bonds is 5. The summed E-state index contributed by atoms with van der Waals surface area (Å²) in [4.78, 5) is 25.9. The van der Waals surface area contributed by atoms with Crippen LogP contribution in [0.15, 0.2) is 30.6 Å². The van der Waals surface area contributed by atoms with Crippen LogP contribution in [0.1, 0.15) is 32.5 Å². The normalized spacial score (nSPS) is 15.0. The monoisotopic (exact) mass is 341 g/mol. The summed E-state index contributed by atoms with van der Waals surface area (Å²) < 4.78 is 1.99. The molecular formula is C19H27N5O. The highest BCUT2D eigenvalue weighted by Crippen LogP contribution is 2.19. The predicted octanol–water partition coefficient (Wildman–Crippen LogP) is 2.66. The molecule has 1 aliphatic heterocycles. The highest BCUT2D eigenvalue weighted by Gasteiger charge is 2.26. The Balaban J connectivity index is 1.70. The van der Waals surface area contributed by atoms with Crippen molar-refractivity contribution < 1.29 is 4.79 Å². The number of hydrogen-bond donors (Lipinski definition) is 0. The summed E-state index contributed by atoms with van der Waals surface area (Å²) in [6, 6.07) is 5.99. The van der Waals surface area contributed by atoms with Crippen LogP contribution in [0.3, 0.4) is 0 Å². The second-order valence-electron chi connectivity index (χ2n) is 6.55. The molecule has 25 heavy (non-hydrogen) atoms. The van der Waals surface area contributed by atoms with Crippen LogP contribution in [0.5, 0.6) is 0 Å². The van der Waals surface area contributed by atoms with E-state index >= 15 is 0 Å². The first-order valence-corrected chi connectivity index (χ1v) is 9.15. The largest absolute Gasteiger partial charge is 0.353 e. The second-order valence-corrected chi connectivity index (χ2v) is 6.55. The van der Waals surface area contributed by atoms with Gasteiger partial charge < -0.3 is 14.4 Å². The van der Waals surface area contributed by atoms with E-state index in [0.29, 0.717) is 5.91 Å². The molecule has 2 aromatic heterocycles. The van der Waals surface area contributed by atoms with Gasteiger partial charge >= 0.3 is 0 Å². The van der Waals surface area contributed by atoms with Crippen LogP contribution in [0.4, 0.5) is 5.82 Å². The molecule has 1 aliphatic rings. The molecule has 2 aromatic rings. The molecule has 0 saturated carbocycles. The lowest BCUT2D eigenvalue weighted by Gasteiger charge is -2.37. The lowest BCUT2D eigenvalue weighted by Crippen LogP contribution is -2.50. The summed E-state index contributed by atoms with van der Waals surface area (Å²) >= 11 is 0. The molecule has 1 saturated heterocycles. The molecule has 0 bridgehead atoms. The first-order chi connectivity index (χ1) is 12.1. The Labute approximate surface area is 149 Å². The smallest absolute Gasteiger partial charge is 0.225 e. The molecule has 6 heteroatoms. The summed E-state index contributed by atoms with van der Waals surface area (Å²) in [5, 5.41) is 0. The van der Waals surface area contributed by atoms with E-state index in [0.717, 1.165) is 56.5 Å². The van der Waals surface area contributed by atoms with Gasteiger partial charge in [0.2, 0.25) is 5.91 Å². The highest BCUT2D eigenvalue weighted by molar-refractivity contribution is 5.79. The summed E-state index contributed by atoms with van der Waals surface area (Å²) in [5.41, 5.74) is 0. The van der Waals surface area contributed by atoms with Crippen LogP contribution in [0, 0.1) is 12.8 Å². The number of carbonyl (C=O) groups is 1. The van der Waals surface area contributed by atoms with Gasteiger partial charge in [0.15, 0.2) is 0 Å². The zero-order valence-electron chi connectivity index (χ0n) is 15.4. The third-order valence-electron chi connectivity index (χ3n) is 4.93. The van der Waals surface area contributed by atoms with Crippen molar-refractivity contribution in [3.63, 3.8) is 0 Å². The molecule has 0 aromatic carbocycles. The number of carbonyl (C=O) groups excluding carboxylic acids is 1. The van der Waals surface area contributed by atoms with E-state index in [4.69, 9.17) is 0 Å². The molecule has 0 aliphatic carbocycles. The molecule has 0 radical (unpaired) electrons. The van der Waals surface area contributed by atoms with Crippen LogP contribution < -0.4 is 4.90 Å². The molecule has 1 fully saturated rings. The number of hydrogen-bond acceptors (Lipinski definition) is 4. The Hall–Kier alpha value is -2.37. The summed E-state index contributed by atoms with van der Waals surface area (Å²) in [7, 11) is 0. The minimum Gasteiger partial charge on any atom is -0.353 e. The van der Waals surface area contributed by atoms with Crippen molar-refractivity contribution in [2.24, 2.45) is 5.92 Å². The molecule has 0 N–H and O–H groups in total. The maximum absolute atomic E-state index is 12.5. The van der Waals surface area contributed by atoms with Crippen LogP contribution in [0.2, 0.25) is 0 Å². The minimum absolute atomic E-state index is 0.160. The average Bonchev–Trinajstić information content (AvgIpc) is 3.17. The van der Waals surface area contributed by atoms with Crippen LogP contribution >= 0.6 is 0 Å². The van der Waals surface area contributed by atoms with Gasteiger partial charge in [-0.25, -0.2) is 9.97 Å². The van der Waals surface area contributed by atoms with E-state index in [1.54, 1.807) is 0 Å². The first kappa shape index (κ1) is 17.5. The molecule has 1 amide bonds. The molecule has 3 rings (SSSR count). The molecule has 0 atom stereocenters. The maximum Gasteiger partial charge on any atom is 0.225 e. The molecular weight excluding hydrogens is 314 g/mol. The summed E-state index contributed by atoms with van der Waals surface area (Å²) in [5.74, 6) is 3.04. The molecule has 3 heterocycles. The van der Waals surface area contributed by atoms with E-state index in [9.17, 15) is 4.79 Å². The Morgan fingerprint density at radius 2 is 1.64 bits per heavy atom. The zero-order chi connectivity index (χ0) is 17.8. The van der Waals surface area contributed by atoms with E-state index in [1.807, 2.05) is 47.0 Å². The van der Waals surface area contributed by atoms with Gasteiger partial charge in [-0.2, -0.15) is 0 Å². The Morgan fingerprint density at radius 3 is 2.24 bits per heavy atom. The second kappa shape index (κ2) is 7.68. The lowest BCUT2D eigenvalue weighted by molar-refractivity contribution is -0.136. The fraction of sp³-hybridized carbons (Fsp3) is 0.526. The number of anilines is 1. The average molecular weight is 341 g/mol. The predicted molar refractivity (Wildman–Crippen MR) is 99.0 cm³/mol. The Bertz CT molecular complexity index is 701. The number of nitrogens with zero attached hydrogens (tertiary/aromatic N) is 5. The minimum atomic E-state index is 0.160. The van der Waals surface area contributed by atoms with Gasteiger partial charge in [-0.05, 0) is 31.9 Å². The number of amides is 1. The fourth-order valence-corrected chi connectivity index (χ4v) is 3.37. The van der Waals surface area contributed by atoms with Crippen molar-refractivity contribution in [1.82, 2.24) is 19.4 Å². The van der Waals surface area contributed by atoms with E-state index in [1.165, 1.54) is 0 Å². The third-order valence-corrected chi connectivity index (χ3v) is 4.93. The number of piperazine rings is 1. The van der Waals surface area contributed by atoms with Gasteiger partial charge in [-0.1, -0.05) is 13.8 Å². The Morgan fingerprint density at radius 1 is 1.04 bits per heavy atom. The van der Waals surface area contributed by atoms with Crippen LogP contribution in [0.25, 0.3) is 5.82 Å². The fourth-order valence-electron chi connectivity index (χ4n) is 3.37. The van der Waals surface area contributed by atoms with Crippen molar-refractivity contribution in [3.8, 4) is 5.82 Å². The van der Waals surface area contributed by atoms with Gasteiger partial charge in [-0.3, -0.25) is 4.79 Å². The lowest BCUT2D eigenvalue weighted by atomic mass is 10.0. The van der Waals surface area contributed by atoms with Crippen molar-refractivity contribution in [3.05, 3.63) is 36.4 Å². The van der Waals surface area contributed by atoms with E-state index in [-0.39, 0.29) is 5.92 Å². The van der Waals surface area contributed by atoms with Gasteiger partial charge in [0.1, 0.15) is 17.5 Å². The standard InChI is InChI=1S/C19H27N5O/c1-4-16(5-2)19(25)24-12-10-23(11-13-24)18-14-17(20-15(3)21-18)22-8-6-7-9-22/h6-9,14,16H,4-5,10-13H2,1-3H3. The van der Waals surface area contributed by atoms with Gasteiger partial charge in [0.25, 0.3) is 0 Å². The summed E-state index contributed by atoms with van der Waals surface area (Å²) in [6.07, 6.45) is 5.80. The molecule has 134 valence electrons. The first-order valence-electron chi connectivity index (χ1n) is 9.15. The van der Waals surface area contributed by atoms with Gasteiger partial charge in [0, 0.05) is 50.6 Å². The summed E-state index contributed by atoms with van der Waals surface area (Å²) in [6.45, 7) is 9.25. The zero-order valence-corrected chi connectivity index (χ0v) is 15.4. The topological polar surface area (TPSA) is 54.3 Å².